The maximum atomic E-state index is 12.2. The predicted octanol–water partition coefficient (Wildman–Crippen LogP) is 9.11. The van der Waals surface area contributed by atoms with E-state index in [0.29, 0.717) is 80.3 Å². The van der Waals surface area contributed by atoms with Crippen LogP contribution < -0.4 is 45.4 Å². The largest absolute Gasteiger partial charge is 1.00 e. The minimum atomic E-state index is -0.967. The van der Waals surface area contributed by atoms with E-state index in [9.17, 15) is 28.8 Å². The summed E-state index contributed by atoms with van der Waals surface area (Å²) in [5.41, 5.74) is 6.86. The van der Waals surface area contributed by atoms with Gasteiger partial charge in [-0.2, -0.15) is 4.90 Å². The first-order valence-electron chi connectivity index (χ1n) is 30.2. The number of nitrogens with one attached hydrogen (secondary N) is 5. The van der Waals surface area contributed by atoms with Gasteiger partial charge in [0.15, 0.2) is 25.6 Å². The summed E-state index contributed by atoms with van der Waals surface area (Å²) >= 11 is 30.3. The standard InChI is InChI=1S/2C14H16N2OS.3C13H12N2OS.C7H6O2S.2CH3.Cu.Li/c2*1-3-9-16-13(17)12(15-14(16)18)10(2)11-7-5-4-6-8-11;3*1-2-8-15-12(16)11(14-13(15)17)9-10-6-4-3-5-7-10;8-7(9)5-3-1-2-4-6(5)10;;;;/h2*3-8,10,12H,1,9H2,2H3,(H,15,18);3*2-7,9H,1,8H2,(H,14,17);1-4,10H,(H,8,9);2*1H3;;/q;;;;;;2*-1;2*+1/p-1/b;;3*11-9-;;;;;. The Morgan fingerprint density at radius 2 is 0.683 bits per heavy atom. The van der Waals surface area contributed by atoms with Crippen molar-refractivity contribution < 1.29 is 69.8 Å². The van der Waals surface area contributed by atoms with Crippen LogP contribution in [0.5, 0.6) is 0 Å². The number of carboxylic acids is 1. The third-order valence-electron chi connectivity index (χ3n) is 14.7. The van der Waals surface area contributed by atoms with Gasteiger partial charge in [-0.15, -0.1) is 32.9 Å². The van der Waals surface area contributed by atoms with Crippen LogP contribution in [-0.2, 0) is 53.7 Å². The average molecular weight is 1510 g/mol. The summed E-state index contributed by atoms with van der Waals surface area (Å²) in [7, 11) is 0. The van der Waals surface area contributed by atoms with Gasteiger partial charge in [0.1, 0.15) is 29.2 Å². The van der Waals surface area contributed by atoms with Crippen molar-refractivity contribution in [3.05, 3.63) is 305 Å². The maximum absolute atomic E-state index is 12.2. The number of thiocarbonyl (C=S) groups is 5. The van der Waals surface area contributed by atoms with E-state index < -0.39 is 5.97 Å². The van der Waals surface area contributed by atoms with Crippen LogP contribution in [0.1, 0.15) is 63.9 Å². The molecule has 5 saturated heterocycles. The van der Waals surface area contributed by atoms with E-state index in [1.165, 1.54) is 20.8 Å². The van der Waals surface area contributed by atoms with Gasteiger partial charge in [0.25, 0.3) is 29.5 Å². The van der Waals surface area contributed by atoms with Crippen molar-refractivity contribution in [2.75, 3.05) is 32.7 Å². The quantitative estimate of drug-likeness (QED) is 0.0119. The Labute approximate surface area is 648 Å². The monoisotopic (exact) mass is 1510 g/mol. The molecule has 0 spiro atoms. The van der Waals surface area contributed by atoms with Crippen molar-refractivity contribution in [3.8, 4) is 0 Å². The van der Waals surface area contributed by atoms with Crippen molar-refractivity contribution in [2.24, 2.45) is 0 Å². The van der Waals surface area contributed by atoms with E-state index >= 15 is 0 Å². The van der Waals surface area contributed by atoms with Crippen LogP contribution in [0.25, 0.3) is 18.2 Å². The molecule has 4 atom stereocenters. The summed E-state index contributed by atoms with van der Waals surface area (Å²) in [6.07, 6.45) is 13.7. The molecule has 6 aromatic carbocycles. The zero-order valence-corrected chi connectivity index (χ0v) is 62.5. The number of carbonyl (C=O) groups is 6. The third kappa shape index (κ3) is 25.2. The normalized spacial score (nSPS) is 17.1. The molecule has 11 rings (SSSR count). The Hall–Kier alpha value is -9.15. The second-order valence-electron chi connectivity index (χ2n) is 21.3. The van der Waals surface area contributed by atoms with Crippen LogP contribution in [0.15, 0.2) is 261 Å². The van der Waals surface area contributed by atoms with Gasteiger partial charge in [-0.3, -0.25) is 48.5 Å². The molecule has 101 heavy (non-hydrogen) atoms. The second kappa shape index (κ2) is 44.9. The predicted molar refractivity (Wildman–Crippen MR) is 421 cm³/mol. The molecule has 5 fully saturated rings. The number of nitrogens with zero attached hydrogens (tertiary/aromatic N) is 5. The number of carbonyl (C=O) groups excluding carboxylic acids is 5. The number of hydrogen-bond acceptors (Lipinski definition) is 12. The Morgan fingerprint density at radius 3 is 0.931 bits per heavy atom. The number of rotatable bonds is 18. The van der Waals surface area contributed by atoms with Crippen LogP contribution in [0, 0.1) is 14.9 Å². The Kier molecular flexibility index (Phi) is 39.1. The molecule has 5 heterocycles. The Morgan fingerprint density at radius 1 is 0.436 bits per heavy atom. The van der Waals surface area contributed by atoms with Gasteiger partial charge in [-0.25, -0.2) is 4.79 Å². The maximum Gasteiger partial charge on any atom is 1.00 e. The molecule has 5 aliphatic heterocycles. The Balaban J connectivity index is 0.000000412. The van der Waals surface area contributed by atoms with E-state index in [1.54, 1.807) is 76.6 Å². The van der Waals surface area contributed by atoms with E-state index in [0.717, 1.165) is 27.8 Å². The average Bonchev–Trinajstić information content (AvgIpc) is 1.74. The van der Waals surface area contributed by atoms with Crippen LogP contribution in [0.4, 0.5) is 0 Å². The molecule has 6 aromatic rings. The molecule has 25 heteroatoms. The van der Waals surface area contributed by atoms with Crippen molar-refractivity contribution in [2.45, 2.75) is 42.7 Å². The first-order valence-corrected chi connectivity index (χ1v) is 32.7. The van der Waals surface area contributed by atoms with Crippen molar-refractivity contribution in [1.29, 1.82) is 0 Å². The van der Waals surface area contributed by atoms with E-state index in [2.05, 4.69) is 59.5 Å². The van der Waals surface area contributed by atoms with Crippen LogP contribution >= 0.6 is 61.1 Å². The van der Waals surface area contributed by atoms with Crippen LogP contribution in [-0.4, -0.2) is 135 Å². The molecule has 0 aliphatic carbocycles. The Bertz CT molecular complexity index is 3710. The van der Waals surface area contributed by atoms with Gasteiger partial charge in [-0.1, -0.05) is 214 Å². The summed E-state index contributed by atoms with van der Waals surface area (Å²) in [6, 6.07) is 54.8. The SMILES string of the molecule is C=CCN1C(=O)/C(=C/c2ccccc2)NC1=S.C=CCN1C(=O)/C(=C/c2ccccc2)NC1=S.C=CCN1C(=O)/C(=C/c2ccccc2)NC1=S.C=CCN1C(=O)C(C(C)c2ccccc2)NC1=S.C=CCN1C(=O)C(C(C)c2ccccc2)NC1=S.O=C(O)c1ccccc1[S-].[CH3-].[CH3-].[Cu+].[Li+]. The van der Waals surface area contributed by atoms with Gasteiger partial charge < -0.3 is 59.2 Å². The molecule has 4 unspecified atom stereocenters. The number of aromatic carboxylic acids is 1. The van der Waals surface area contributed by atoms with Crippen molar-refractivity contribution >= 4 is 153 Å². The van der Waals surface area contributed by atoms with Crippen molar-refractivity contribution in [3.63, 3.8) is 0 Å². The fourth-order valence-electron chi connectivity index (χ4n) is 9.65. The minimum Gasteiger partial charge on any atom is -0.779 e. The number of amides is 5. The van der Waals surface area contributed by atoms with Crippen molar-refractivity contribution in [1.82, 2.24) is 51.1 Å². The second-order valence-corrected chi connectivity index (χ2v) is 23.7. The molecule has 0 saturated carbocycles. The molecule has 6 N–H and O–H groups in total. The van der Waals surface area contributed by atoms with Crippen LogP contribution in [0.2, 0.25) is 0 Å². The molecule has 0 bridgehead atoms. The smallest absolute Gasteiger partial charge is 0.779 e. The number of hydrogen-bond donors (Lipinski definition) is 6. The van der Waals surface area contributed by atoms with Gasteiger partial charge in [0.2, 0.25) is 0 Å². The summed E-state index contributed by atoms with van der Waals surface area (Å²) in [4.78, 5) is 78.7. The molecule has 0 radical (unpaired) electrons. The summed E-state index contributed by atoms with van der Waals surface area (Å²) < 4.78 is 0. The molecule has 524 valence electrons. The topological polar surface area (TPSA) is 199 Å². The van der Waals surface area contributed by atoms with Crippen LogP contribution in [0.3, 0.4) is 0 Å². The molecule has 17 nitrogen and oxygen atoms in total. The first-order chi connectivity index (χ1) is 46.7. The summed E-state index contributed by atoms with van der Waals surface area (Å²) in [6.45, 7) is 24.4. The van der Waals surface area contributed by atoms with Gasteiger partial charge in [0, 0.05) is 50.1 Å². The molecule has 5 amide bonds. The van der Waals surface area contributed by atoms with Gasteiger partial charge in [0.05, 0.1) is 0 Å². The molecule has 5 aliphatic rings. The fourth-order valence-corrected chi connectivity index (χ4v) is 11.3. The fraction of sp³-hybridized carbons (Fsp3) is 0.145. The molecular formula is C76H79CuLiN10O7S6-. The summed E-state index contributed by atoms with van der Waals surface area (Å²) in [5, 5.41) is 25.7. The zero-order valence-electron chi connectivity index (χ0n) is 56.6. The van der Waals surface area contributed by atoms with E-state index in [4.69, 9.17) is 78.8 Å². The first kappa shape index (κ1) is 87.9. The van der Waals surface area contributed by atoms with Gasteiger partial charge >= 0.3 is 41.9 Å². The summed E-state index contributed by atoms with van der Waals surface area (Å²) in [5.74, 6) is -1.08. The third-order valence-corrected chi connectivity index (χ3v) is 16.7. The minimum absolute atomic E-state index is 0. The number of benzene rings is 6. The molecular weight excluding hydrogens is 1430 g/mol. The van der Waals surface area contributed by atoms with Gasteiger partial charge in [-0.05, 0) is 113 Å². The number of carboxylic acid groups (broad SMARTS) is 1. The molecule has 0 aromatic heterocycles. The van der Waals surface area contributed by atoms with E-state index in [-0.39, 0.29) is 110 Å². The van der Waals surface area contributed by atoms with E-state index in [1.807, 2.05) is 166 Å². The zero-order chi connectivity index (χ0) is 70.6.